The van der Waals surface area contributed by atoms with E-state index in [4.69, 9.17) is 4.42 Å². The van der Waals surface area contributed by atoms with Gasteiger partial charge in [0.1, 0.15) is 0 Å². The number of aromatic nitrogens is 1. The lowest BCUT2D eigenvalue weighted by Crippen LogP contribution is -2.30. The summed E-state index contributed by atoms with van der Waals surface area (Å²) in [6, 6.07) is 26.9. The van der Waals surface area contributed by atoms with Crippen LogP contribution in [0.4, 0.5) is 5.69 Å². The van der Waals surface area contributed by atoms with Gasteiger partial charge in [-0.3, -0.25) is 9.36 Å². The van der Waals surface area contributed by atoms with Crippen LogP contribution < -0.4 is 10.7 Å². The van der Waals surface area contributed by atoms with Crippen LogP contribution in [0.2, 0.25) is 0 Å². The van der Waals surface area contributed by atoms with E-state index in [0.717, 1.165) is 16.8 Å². The van der Waals surface area contributed by atoms with Crippen LogP contribution in [0, 0.1) is 0 Å². The van der Waals surface area contributed by atoms with Gasteiger partial charge in [-0.15, -0.1) is 0 Å². The Kier molecular flexibility index (Phi) is 5.56. The number of nitrogens with zero attached hydrogens (tertiary/aromatic N) is 2. The fourth-order valence-corrected chi connectivity index (χ4v) is 3.45. The van der Waals surface area contributed by atoms with Crippen molar-refractivity contribution in [3.8, 4) is 0 Å². The lowest BCUT2D eigenvalue weighted by atomic mass is 10.1. The average molecular weight is 386 g/mol. The van der Waals surface area contributed by atoms with Crippen molar-refractivity contribution in [3.05, 3.63) is 101 Å². The van der Waals surface area contributed by atoms with Gasteiger partial charge in [0.05, 0.1) is 12.1 Å². The molecule has 4 rings (SSSR count). The molecule has 0 saturated carbocycles. The Morgan fingerprint density at radius 1 is 0.862 bits per heavy atom. The molecule has 0 spiro atoms. The molecule has 0 aliphatic rings. The van der Waals surface area contributed by atoms with Crippen LogP contribution in [0.25, 0.3) is 11.1 Å². The van der Waals surface area contributed by atoms with Gasteiger partial charge in [-0.1, -0.05) is 60.7 Å². The average Bonchev–Trinajstić information content (AvgIpc) is 3.08. The van der Waals surface area contributed by atoms with Gasteiger partial charge in [-0.2, -0.15) is 0 Å². The first kappa shape index (κ1) is 18.7. The molecule has 1 aromatic heterocycles. The van der Waals surface area contributed by atoms with Crippen LogP contribution in [-0.4, -0.2) is 10.5 Å². The summed E-state index contributed by atoms with van der Waals surface area (Å²) in [5.41, 5.74) is 3.27. The van der Waals surface area contributed by atoms with E-state index in [2.05, 4.69) is 0 Å². The van der Waals surface area contributed by atoms with Crippen LogP contribution in [0.1, 0.15) is 18.4 Å². The molecule has 5 nitrogen and oxygen atoms in total. The maximum Gasteiger partial charge on any atom is 0.419 e. The highest BCUT2D eigenvalue weighted by atomic mass is 16.4. The summed E-state index contributed by atoms with van der Waals surface area (Å²) in [5, 5.41) is 0. The fourth-order valence-electron chi connectivity index (χ4n) is 3.45. The van der Waals surface area contributed by atoms with Gasteiger partial charge in [-0.25, -0.2) is 4.79 Å². The van der Waals surface area contributed by atoms with Gasteiger partial charge < -0.3 is 9.32 Å². The van der Waals surface area contributed by atoms with Crippen molar-refractivity contribution in [1.82, 2.24) is 4.57 Å². The van der Waals surface area contributed by atoms with E-state index < -0.39 is 0 Å². The van der Waals surface area contributed by atoms with Crippen molar-refractivity contribution >= 4 is 22.7 Å². The lowest BCUT2D eigenvalue weighted by Gasteiger charge is -2.23. The van der Waals surface area contributed by atoms with Crippen molar-refractivity contribution < 1.29 is 9.21 Å². The molecule has 3 aromatic carbocycles. The molecule has 0 fully saturated rings. The first-order valence-corrected chi connectivity index (χ1v) is 9.70. The zero-order valence-electron chi connectivity index (χ0n) is 16.0. The minimum Gasteiger partial charge on any atom is -0.408 e. The molecule has 1 amide bonds. The zero-order valence-corrected chi connectivity index (χ0v) is 16.0. The number of amides is 1. The molecule has 0 aliphatic heterocycles. The number of carbonyl (C=O) groups is 1. The molecular weight excluding hydrogens is 364 g/mol. The largest absolute Gasteiger partial charge is 0.419 e. The molecule has 5 heteroatoms. The van der Waals surface area contributed by atoms with E-state index in [1.54, 1.807) is 15.5 Å². The van der Waals surface area contributed by atoms with Crippen molar-refractivity contribution in [1.29, 1.82) is 0 Å². The fraction of sp³-hybridized carbons (Fsp3) is 0.167. The lowest BCUT2D eigenvalue weighted by molar-refractivity contribution is -0.118. The van der Waals surface area contributed by atoms with E-state index in [0.29, 0.717) is 31.5 Å². The van der Waals surface area contributed by atoms with Crippen LogP contribution in [0.3, 0.4) is 0 Å². The van der Waals surface area contributed by atoms with Crippen molar-refractivity contribution in [2.45, 2.75) is 25.9 Å². The number of oxazole rings is 1. The Labute approximate surface area is 168 Å². The van der Waals surface area contributed by atoms with Crippen LogP contribution in [0.5, 0.6) is 0 Å². The number of fused-ring (bicyclic) bond motifs is 1. The number of hydrogen-bond acceptors (Lipinski definition) is 3. The topological polar surface area (TPSA) is 55.5 Å². The predicted octanol–water partition coefficient (Wildman–Crippen LogP) is 4.61. The van der Waals surface area contributed by atoms with Gasteiger partial charge in [0.15, 0.2) is 5.58 Å². The molecule has 0 atom stereocenters. The number of rotatable bonds is 7. The highest BCUT2D eigenvalue weighted by Crippen LogP contribution is 2.19. The van der Waals surface area contributed by atoms with Crippen molar-refractivity contribution in [2.75, 3.05) is 4.90 Å². The monoisotopic (exact) mass is 386 g/mol. The van der Waals surface area contributed by atoms with E-state index in [-0.39, 0.29) is 11.7 Å². The summed E-state index contributed by atoms with van der Waals surface area (Å²) in [7, 11) is 0. The van der Waals surface area contributed by atoms with Crippen molar-refractivity contribution in [3.63, 3.8) is 0 Å². The maximum absolute atomic E-state index is 13.0. The zero-order chi connectivity index (χ0) is 20.1. The first-order valence-electron chi connectivity index (χ1n) is 9.70. The van der Waals surface area contributed by atoms with E-state index >= 15 is 0 Å². The number of anilines is 1. The van der Waals surface area contributed by atoms with E-state index in [1.807, 2.05) is 78.9 Å². The quantitative estimate of drug-likeness (QED) is 0.466. The summed E-state index contributed by atoms with van der Waals surface area (Å²) in [4.78, 5) is 26.9. The molecule has 29 heavy (non-hydrogen) atoms. The highest BCUT2D eigenvalue weighted by Gasteiger charge is 2.16. The minimum absolute atomic E-state index is 0.0286. The molecule has 4 aromatic rings. The van der Waals surface area contributed by atoms with Gasteiger partial charge >= 0.3 is 5.76 Å². The van der Waals surface area contributed by atoms with Crippen molar-refractivity contribution in [2.24, 2.45) is 0 Å². The van der Waals surface area contributed by atoms with Crippen LogP contribution >= 0.6 is 0 Å². The van der Waals surface area contributed by atoms with Gasteiger partial charge in [0, 0.05) is 18.7 Å². The molecule has 0 radical (unpaired) electrons. The third-order valence-electron chi connectivity index (χ3n) is 4.90. The number of para-hydroxylation sites is 3. The number of aryl methyl sites for hydroxylation is 1. The summed E-state index contributed by atoms with van der Waals surface area (Å²) >= 11 is 0. The molecule has 146 valence electrons. The highest BCUT2D eigenvalue weighted by molar-refractivity contribution is 5.93. The molecular formula is C24H22N2O3. The summed E-state index contributed by atoms with van der Waals surface area (Å²) < 4.78 is 6.85. The molecule has 0 unspecified atom stereocenters. The standard InChI is InChI=1S/C24H22N2O3/c27-23(16-9-17-25-21-14-7-8-15-22(21)29-24(25)28)26(20-12-5-2-6-13-20)18-19-10-3-1-4-11-19/h1-8,10-15H,9,16-18H2. The molecule has 0 aliphatic carbocycles. The van der Waals surface area contributed by atoms with Crippen LogP contribution in [-0.2, 0) is 17.9 Å². The third kappa shape index (κ3) is 4.29. The molecule has 0 saturated heterocycles. The Bertz CT molecular complexity index is 1150. The second-order valence-corrected chi connectivity index (χ2v) is 6.89. The Morgan fingerprint density at radius 2 is 1.52 bits per heavy atom. The second kappa shape index (κ2) is 8.61. The van der Waals surface area contributed by atoms with E-state index in [9.17, 15) is 9.59 Å². The first-order chi connectivity index (χ1) is 14.2. The normalized spacial score (nSPS) is 10.9. The van der Waals surface area contributed by atoms with Gasteiger partial charge in [0.25, 0.3) is 0 Å². The number of carbonyl (C=O) groups excluding carboxylic acids is 1. The smallest absolute Gasteiger partial charge is 0.408 e. The summed E-state index contributed by atoms with van der Waals surface area (Å²) in [5.74, 6) is -0.358. The molecule has 0 bridgehead atoms. The minimum atomic E-state index is -0.386. The van der Waals surface area contributed by atoms with Gasteiger partial charge in [0.2, 0.25) is 5.91 Å². The van der Waals surface area contributed by atoms with Gasteiger partial charge in [-0.05, 0) is 36.2 Å². The summed E-state index contributed by atoms with van der Waals surface area (Å²) in [6.07, 6.45) is 0.897. The Morgan fingerprint density at radius 3 is 2.28 bits per heavy atom. The summed E-state index contributed by atoms with van der Waals surface area (Å²) in [6.45, 7) is 0.952. The Hall–Kier alpha value is -3.60. The van der Waals surface area contributed by atoms with E-state index in [1.165, 1.54) is 0 Å². The molecule has 1 heterocycles. The Balaban J connectivity index is 1.48. The third-order valence-corrected chi connectivity index (χ3v) is 4.90. The molecule has 0 N–H and O–H groups in total. The van der Waals surface area contributed by atoms with Crippen LogP contribution in [0.15, 0.2) is 94.1 Å². The SMILES string of the molecule is O=C(CCCn1c(=O)oc2ccccc21)N(Cc1ccccc1)c1ccccc1. The maximum atomic E-state index is 13.0. The number of hydrogen-bond donors (Lipinski definition) is 0. The predicted molar refractivity (Wildman–Crippen MR) is 114 cm³/mol. The number of benzene rings is 3. The second-order valence-electron chi connectivity index (χ2n) is 6.89.